The minimum absolute atomic E-state index is 0.156. The van der Waals surface area contributed by atoms with Gasteiger partial charge in [0, 0.05) is 11.8 Å². The van der Waals surface area contributed by atoms with Gasteiger partial charge < -0.3 is 14.2 Å². The van der Waals surface area contributed by atoms with Crippen molar-refractivity contribution in [2.24, 2.45) is 0 Å². The van der Waals surface area contributed by atoms with Gasteiger partial charge in [0.2, 0.25) is 5.75 Å². The third-order valence-electron chi connectivity index (χ3n) is 2.99. The minimum atomic E-state index is 0.156. The standard InChI is InChI=1S/C15H13ClN2O3/c1-19-12-6-9(7-13(20-2)14(12)21-3)10-4-5-18-15(16)11(10)8-17/h4-7H,1-3H3. The molecule has 0 spiro atoms. The Bertz CT molecular complexity index is 686. The van der Waals surface area contributed by atoms with E-state index in [1.807, 2.05) is 0 Å². The number of nitriles is 1. The maximum Gasteiger partial charge on any atom is 0.203 e. The van der Waals surface area contributed by atoms with Gasteiger partial charge in [-0.3, -0.25) is 0 Å². The number of halogens is 1. The van der Waals surface area contributed by atoms with Crippen LogP contribution in [0.15, 0.2) is 24.4 Å². The Morgan fingerprint density at radius 3 is 2.19 bits per heavy atom. The highest BCUT2D eigenvalue weighted by Crippen LogP contribution is 2.42. The van der Waals surface area contributed by atoms with Crippen LogP contribution in [0, 0.1) is 11.3 Å². The molecule has 0 aliphatic rings. The van der Waals surface area contributed by atoms with Crippen molar-refractivity contribution in [3.05, 3.63) is 35.1 Å². The van der Waals surface area contributed by atoms with Crippen molar-refractivity contribution < 1.29 is 14.2 Å². The Balaban J connectivity index is 2.71. The van der Waals surface area contributed by atoms with Gasteiger partial charge in [-0.25, -0.2) is 4.98 Å². The first-order chi connectivity index (χ1) is 10.2. The summed E-state index contributed by atoms with van der Waals surface area (Å²) in [5.74, 6) is 1.50. The second-order valence-corrected chi connectivity index (χ2v) is 4.41. The second-order valence-electron chi connectivity index (χ2n) is 4.05. The minimum Gasteiger partial charge on any atom is -0.493 e. The summed E-state index contributed by atoms with van der Waals surface area (Å²) in [7, 11) is 4.60. The third-order valence-corrected chi connectivity index (χ3v) is 3.28. The van der Waals surface area contributed by atoms with Crippen molar-refractivity contribution >= 4 is 11.6 Å². The summed E-state index contributed by atoms with van der Waals surface area (Å²) in [5, 5.41) is 9.41. The van der Waals surface area contributed by atoms with Crippen LogP contribution in [0.1, 0.15) is 5.56 Å². The monoisotopic (exact) mass is 304 g/mol. The van der Waals surface area contributed by atoms with E-state index >= 15 is 0 Å². The van der Waals surface area contributed by atoms with Gasteiger partial charge in [0.05, 0.1) is 26.9 Å². The van der Waals surface area contributed by atoms with Crippen LogP contribution in [0.5, 0.6) is 17.2 Å². The molecule has 0 amide bonds. The quantitative estimate of drug-likeness (QED) is 0.811. The van der Waals surface area contributed by atoms with Crippen LogP contribution in [-0.4, -0.2) is 26.3 Å². The molecule has 6 heteroatoms. The summed E-state index contributed by atoms with van der Waals surface area (Å²) in [6.45, 7) is 0. The molecular weight excluding hydrogens is 292 g/mol. The predicted molar refractivity (Wildman–Crippen MR) is 79.1 cm³/mol. The number of benzene rings is 1. The lowest BCUT2D eigenvalue weighted by molar-refractivity contribution is 0.324. The number of pyridine rings is 1. The largest absolute Gasteiger partial charge is 0.493 e. The number of ether oxygens (including phenoxy) is 3. The first-order valence-electron chi connectivity index (χ1n) is 6.01. The van der Waals surface area contributed by atoms with Crippen LogP contribution in [0.25, 0.3) is 11.1 Å². The van der Waals surface area contributed by atoms with E-state index in [1.54, 1.807) is 24.4 Å². The number of methoxy groups -OCH3 is 3. The van der Waals surface area contributed by atoms with Crippen LogP contribution in [0.2, 0.25) is 5.15 Å². The fourth-order valence-electron chi connectivity index (χ4n) is 2.02. The highest BCUT2D eigenvalue weighted by atomic mass is 35.5. The summed E-state index contributed by atoms with van der Waals surface area (Å²) < 4.78 is 15.9. The van der Waals surface area contributed by atoms with Crippen LogP contribution < -0.4 is 14.2 Å². The maximum atomic E-state index is 9.25. The molecule has 0 saturated heterocycles. The van der Waals surface area contributed by atoms with Crippen molar-refractivity contribution in [2.75, 3.05) is 21.3 Å². The molecule has 21 heavy (non-hydrogen) atoms. The molecular formula is C15H13ClN2O3. The highest BCUT2D eigenvalue weighted by Gasteiger charge is 2.17. The lowest BCUT2D eigenvalue weighted by Crippen LogP contribution is -1.96. The van der Waals surface area contributed by atoms with Gasteiger partial charge in [0.15, 0.2) is 11.5 Å². The molecule has 0 bridgehead atoms. The summed E-state index contributed by atoms with van der Waals surface area (Å²) in [4.78, 5) is 3.91. The average Bonchev–Trinajstić information content (AvgIpc) is 2.52. The SMILES string of the molecule is COc1cc(-c2ccnc(Cl)c2C#N)cc(OC)c1OC. The Morgan fingerprint density at radius 2 is 1.71 bits per heavy atom. The number of aromatic nitrogens is 1. The fourth-order valence-corrected chi connectivity index (χ4v) is 2.22. The second kappa shape index (κ2) is 6.33. The van der Waals surface area contributed by atoms with Crippen molar-refractivity contribution in [2.45, 2.75) is 0 Å². The number of nitrogens with zero attached hydrogens (tertiary/aromatic N) is 2. The lowest BCUT2D eigenvalue weighted by atomic mass is 10.0. The van der Waals surface area contributed by atoms with Crippen LogP contribution in [-0.2, 0) is 0 Å². The van der Waals surface area contributed by atoms with E-state index in [0.29, 0.717) is 28.4 Å². The molecule has 1 aromatic carbocycles. The van der Waals surface area contributed by atoms with Crippen molar-refractivity contribution in [1.82, 2.24) is 4.98 Å². The Hall–Kier alpha value is -2.45. The summed E-state index contributed by atoms with van der Waals surface area (Å²) >= 11 is 5.96. The molecule has 1 heterocycles. The number of rotatable bonds is 4. The Kier molecular flexibility index (Phi) is 4.51. The molecule has 0 N–H and O–H groups in total. The van der Waals surface area contributed by atoms with E-state index < -0.39 is 0 Å². The van der Waals surface area contributed by atoms with Gasteiger partial charge in [0.1, 0.15) is 11.2 Å². The third kappa shape index (κ3) is 2.71. The summed E-state index contributed by atoms with van der Waals surface area (Å²) in [6, 6.07) is 7.29. The van der Waals surface area contributed by atoms with E-state index in [9.17, 15) is 5.26 Å². The highest BCUT2D eigenvalue weighted by molar-refractivity contribution is 6.31. The van der Waals surface area contributed by atoms with Crippen molar-refractivity contribution in [3.63, 3.8) is 0 Å². The van der Waals surface area contributed by atoms with Gasteiger partial charge >= 0.3 is 0 Å². The van der Waals surface area contributed by atoms with Gasteiger partial charge in [-0.1, -0.05) is 11.6 Å². The smallest absolute Gasteiger partial charge is 0.203 e. The molecule has 0 atom stereocenters. The zero-order chi connectivity index (χ0) is 15.4. The molecule has 5 nitrogen and oxygen atoms in total. The van der Waals surface area contributed by atoms with E-state index in [4.69, 9.17) is 25.8 Å². The molecule has 0 aliphatic carbocycles. The first-order valence-corrected chi connectivity index (χ1v) is 6.39. The fraction of sp³-hybridized carbons (Fsp3) is 0.200. The summed E-state index contributed by atoms with van der Waals surface area (Å²) in [5.41, 5.74) is 1.68. The molecule has 0 unspecified atom stereocenters. The normalized spacial score (nSPS) is 9.86. The molecule has 2 rings (SSSR count). The topological polar surface area (TPSA) is 64.4 Å². The van der Waals surface area contributed by atoms with Gasteiger partial charge in [-0.2, -0.15) is 5.26 Å². The predicted octanol–water partition coefficient (Wildman–Crippen LogP) is 3.30. The average molecular weight is 305 g/mol. The number of hydrogen-bond acceptors (Lipinski definition) is 5. The molecule has 0 fully saturated rings. The molecule has 108 valence electrons. The molecule has 0 saturated carbocycles. The first kappa shape index (κ1) is 14.9. The zero-order valence-corrected chi connectivity index (χ0v) is 12.6. The molecule has 0 aliphatic heterocycles. The van der Waals surface area contributed by atoms with E-state index in [1.165, 1.54) is 21.3 Å². The Labute approximate surface area is 127 Å². The van der Waals surface area contributed by atoms with Crippen molar-refractivity contribution in [3.8, 4) is 34.4 Å². The maximum absolute atomic E-state index is 9.25. The molecule has 2 aromatic rings. The molecule has 1 aromatic heterocycles. The van der Waals surface area contributed by atoms with Crippen LogP contribution in [0.3, 0.4) is 0 Å². The summed E-state index contributed by atoms with van der Waals surface area (Å²) in [6.07, 6.45) is 1.54. The number of hydrogen-bond donors (Lipinski definition) is 0. The van der Waals surface area contributed by atoms with Crippen molar-refractivity contribution in [1.29, 1.82) is 5.26 Å². The Morgan fingerprint density at radius 1 is 1.10 bits per heavy atom. The zero-order valence-electron chi connectivity index (χ0n) is 11.8. The molecule has 0 radical (unpaired) electrons. The van der Waals surface area contributed by atoms with E-state index in [-0.39, 0.29) is 5.15 Å². The van der Waals surface area contributed by atoms with Gasteiger partial charge in [0.25, 0.3) is 0 Å². The van der Waals surface area contributed by atoms with Crippen LogP contribution >= 0.6 is 11.6 Å². The van der Waals surface area contributed by atoms with Gasteiger partial charge in [-0.15, -0.1) is 0 Å². The van der Waals surface area contributed by atoms with E-state index in [0.717, 1.165) is 5.56 Å². The van der Waals surface area contributed by atoms with E-state index in [2.05, 4.69) is 11.1 Å². The lowest BCUT2D eigenvalue weighted by Gasteiger charge is -2.14. The van der Waals surface area contributed by atoms with Crippen LogP contribution in [0.4, 0.5) is 0 Å². The van der Waals surface area contributed by atoms with Gasteiger partial charge in [-0.05, 0) is 23.8 Å².